The second-order valence-electron chi connectivity index (χ2n) is 9.92. The number of carbonyl (C=O) groups excluding carboxylic acids is 1. The molecule has 9 nitrogen and oxygen atoms in total. The van der Waals surface area contributed by atoms with Gasteiger partial charge in [0, 0.05) is 57.0 Å². The van der Waals surface area contributed by atoms with Crippen LogP contribution in [0.15, 0.2) is 60.9 Å². The first-order chi connectivity index (χ1) is 19.4. The number of para-hydroxylation sites is 1. The molecule has 4 aromatic rings. The van der Waals surface area contributed by atoms with Crippen molar-refractivity contribution in [2.45, 2.75) is 25.3 Å². The second-order valence-corrected chi connectivity index (χ2v) is 9.92. The number of amides is 2. The van der Waals surface area contributed by atoms with Crippen LogP contribution in [-0.2, 0) is 18.2 Å². The molecule has 1 aliphatic heterocycles. The van der Waals surface area contributed by atoms with Crippen molar-refractivity contribution in [3.63, 3.8) is 0 Å². The highest BCUT2D eigenvalue weighted by Crippen LogP contribution is 2.32. The predicted molar refractivity (Wildman–Crippen MR) is 149 cm³/mol. The van der Waals surface area contributed by atoms with Gasteiger partial charge in [-0.15, -0.1) is 0 Å². The molecular weight excluding hydrogens is 516 g/mol. The third-order valence-electron chi connectivity index (χ3n) is 7.24. The van der Waals surface area contributed by atoms with Crippen molar-refractivity contribution in [1.82, 2.24) is 29.8 Å². The van der Waals surface area contributed by atoms with Crippen LogP contribution < -0.4 is 10.6 Å². The Hall–Kier alpha value is -4.09. The highest BCUT2D eigenvalue weighted by molar-refractivity contribution is 5.91. The van der Waals surface area contributed by atoms with Crippen molar-refractivity contribution in [2.24, 2.45) is 7.05 Å². The van der Waals surface area contributed by atoms with Crippen LogP contribution in [0.5, 0.6) is 0 Å². The number of rotatable bonds is 9. The molecule has 2 amide bonds. The molecule has 0 radical (unpaired) electrons. The fourth-order valence-electron chi connectivity index (χ4n) is 5.27. The Kier molecular flexibility index (Phi) is 8.22. The van der Waals surface area contributed by atoms with E-state index in [1.54, 1.807) is 28.7 Å². The van der Waals surface area contributed by atoms with Gasteiger partial charge in [-0.25, -0.2) is 18.3 Å². The SMILES string of the molecule is CCc1c(-c2cnn(C)c2)nn(-c2ccccc2)c1NC(=O)NC1CN(CCOC)CC1c1ccc(F)c(F)c1. The maximum absolute atomic E-state index is 14.1. The minimum atomic E-state index is -0.904. The summed E-state index contributed by atoms with van der Waals surface area (Å²) in [5.41, 5.74) is 3.89. The van der Waals surface area contributed by atoms with Crippen molar-refractivity contribution in [3.8, 4) is 16.9 Å². The molecule has 1 fully saturated rings. The molecule has 2 aromatic carbocycles. The first-order valence-corrected chi connectivity index (χ1v) is 13.3. The van der Waals surface area contributed by atoms with Crippen molar-refractivity contribution in [1.29, 1.82) is 0 Å². The van der Waals surface area contributed by atoms with Crippen LogP contribution in [-0.4, -0.2) is 69.9 Å². The molecule has 210 valence electrons. The van der Waals surface area contributed by atoms with Crippen LogP contribution in [0, 0.1) is 11.6 Å². The van der Waals surface area contributed by atoms with Gasteiger partial charge in [-0.2, -0.15) is 10.2 Å². The highest BCUT2D eigenvalue weighted by atomic mass is 19.2. The van der Waals surface area contributed by atoms with Gasteiger partial charge in [-0.3, -0.25) is 14.9 Å². The monoisotopic (exact) mass is 549 g/mol. The molecule has 0 spiro atoms. The lowest BCUT2D eigenvalue weighted by Gasteiger charge is -2.21. The summed E-state index contributed by atoms with van der Waals surface area (Å²) < 4.78 is 36.4. The van der Waals surface area contributed by atoms with E-state index in [4.69, 9.17) is 9.84 Å². The number of carbonyl (C=O) groups is 1. The average Bonchev–Trinajstić information content (AvgIpc) is 3.66. The van der Waals surface area contributed by atoms with E-state index in [1.165, 1.54) is 6.07 Å². The van der Waals surface area contributed by atoms with Gasteiger partial charge in [0.25, 0.3) is 0 Å². The van der Waals surface area contributed by atoms with Gasteiger partial charge >= 0.3 is 6.03 Å². The van der Waals surface area contributed by atoms with Crippen molar-refractivity contribution in [3.05, 3.63) is 83.7 Å². The molecule has 40 heavy (non-hydrogen) atoms. The van der Waals surface area contributed by atoms with E-state index in [0.717, 1.165) is 28.6 Å². The fraction of sp³-hybridized carbons (Fsp3) is 0.345. The van der Waals surface area contributed by atoms with Crippen molar-refractivity contribution < 1.29 is 18.3 Å². The quantitative estimate of drug-likeness (QED) is 0.324. The van der Waals surface area contributed by atoms with Crippen LogP contribution in [0.1, 0.15) is 24.0 Å². The molecular formula is C29H33F2N7O2. The highest BCUT2D eigenvalue weighted by Gasteiger charge is 2.35. The Bertz CT molecular complexity index is 1470. The Morgan fingerprint density at radius 2 is 1.93 bits per heavy atom. The standard InChI is InChI=1S/C29H33F2N7O2/c1-4-22-27(20-15-32-36(2)16-20)35-38(21-8-6-5-7-9-21)28(22)34-29(39)33-26-18-37(12-13-40-3)17-23(26)19-10-11-24(30)25(31)14-19/h5-11,14-16,23,26H,4,12-13,17-18H2,1-3H3,(H2,33,34,39). The van der Waals surface area contributed by atoms with E-state index < -0.39 is 17.7 Å². The molecule has 11 heteroatoms. The fourth-order valence-corrected chi connectivity index (χ4v) is 5.27. The lowest BCUT2D eigenvalue weighted by atomic mass is 9.94. The number of urea groups is 1. The largest absolute Gasteiger partial charge is 0.383 e. The number of aryl methyl sites for hydroxylation is 1. The number of aromatic nitrogens is 4. The smallest absolute Gasteiger partial charge is 0.320 e. The molecule has 0 saturated carbocycles. The summed E-state index contributed by atoms with van der Waals surface area (Å²) in [6.45, 7) is 4.31. The van der Waals surface area contributed by atoms with Gasteiger partial charge < -0.3 is 10.1 Å². The van der Waals surface area contributed by atoms with Crippen LogP contribution in [0.25, 0.3) is 16.9 Å². The summed E-state index contributed by atoms with van der Waals surface area (Å²) in [5.74, 6) is -1.47. The van der Waals surface area contributed by atoms with E-state index >= 15 is 0 Å². The number of nitrogens with one attached hydrogen (secondary N) is 2. The number of ether oxygens (including phenoxy) is 1. The van der Waals surface area contributed by atoms with E-state index in [1.807, 2.05) is 50.5 Å². The maximum Gasteiger partial charge on any atom is 0.320 e. The number of benzene rings is 2. The lowest BCUT2D eigenvalue weighted by molar-refractivity contribution is 0.159. The Morgan fingerprint density at radius 1 is 1.12 bits per heavy atom. The summed E-state index contributed by atoms with van der Waals surface area (Å²) in [5, 5.41) is 15.3. The molecule has 0 aliphatic carbocycles. The molecule has 5 rings (SSSR count). The Morgan fingerprint density at radius 3 is 2.60 bits per heavy atom. The van der Waals surface area contributed by atoms with Gasteiger partial charge in [0.05, 0.1) is 24.5 Å². The summed E-state index contributed by atoms with van der Waals surface area (Å²) in [4.78, 5) is 15.7. The first kappa shape index (κ1) is 27.5. The number of hydrogen-bond acceptors (Lipinski definition) is 5. The number of halogens is 2. The van der Waals surface area contributed by atoms with Crippen LogP contribution in [0.4, 0.5) is 19.4 Å². The van der Waals surface area contributed by atoms with Crippen LogP contribution in [0.2, 0.25) is 0 Å². The summed E-state index contributed by atoms with van der Waals surface area (Å²) in [6.07, 6.45) is 4.26. The zero-order chi connectivity index (χ0) is 28.2. The molecule has 2 atom stereocenters. The number of methoxy groups -OCH3 is 1. The van der Waals surface area contributed by atoms with Gasteiger partial charge in [0.2, 0.25) is 0 Å². The normalized spacial score (nSPS) is 17.3. The van der Waals surface area contributed by atoms with Gasteiger partial charge in [-0.1, -0.05) is 31.2 Å². The predicted octanol–water partition coefficient (Wildman–Crippen LogP) is 4.35. The van der Waals surface area contributed by atoms with Gasteiger partial charge in [-0.05, 0) is 36.2 Å². The lowest BCUT2D eigenvalue weighted by Crippen LogP contribution is -2.42. The molecule has 2 unspecified atom stereocenters. The Labute approximate surface area is 231 Å². The molecule has 2 aromatic heterocycles. The number of nitrogens with zero attached hydrogens (tertiary/aromatic N) is 5. The van der Waals surface area contributed by atoms with E-state index in [9.17, 15) is 13.6 Å². The van der Waals surface area contributed by atoms with Crippen molar-refractivity contribution >= 4 is 11.8 Å². The minimum Gasteiger partial charge on any atom is -0.383 e. The first-order valence-electron chi connectivity index (χ1n) is 13.3. The zero-order valence-electron chi connectivity index (χ0n) is 22.8. The summed E-state index contributed by atoms with van der Waals surface area (Å²) >= 11 is 0. The Balaban J connectivity index is 1.44. The molecule has 0 bridgehead atoms. The number of likely N-dealkylation sites (tertiary alicyclic amines) is 1. The topological polar surface area (TPSA) is 89.2 Å². The molecule has 2 N–H and O–H groups in total. The van der Waals surface area contributed by atoms with Gasteiger partial charge in [0.1, 0.15) is 11.5 Å². The summed E-state index contributed by atoms with van der Waals surface area (Å²) in [7, 11) is 3.48. The number of hydrogen-bond donors (Lipinski definition) is 2. The number of anilines is 1. The second kappa shape index (κ2) is 12.0. The minimum absolute atomic E-state index is 0.228. The zero-order valence-corrected chi connectivity index (χ0v) is 22.8. The van der Waals surface area contributed by atoms with E-state index in [2.05, 4.69) is 20.6 Å². The molecule has 1 saturated heterocycles. The van der Waals surface area contributed by atoms with Crippen molar-refractivity contribution in [2.75, 3.05) is 38.7 Å². The molecule has 3 heterocycles. The maximum atomic E-state index is 14.1. The molecule has 1 aliphatic rings. The van der Waals surface area contributed by atoms with Crippen LogP contribution in [0.3, 0.4) is 0 Å². The van der Waals surface area contributed by atoms with E-state index in [0.29, 0.717) is 44.0 Å². The van der Waals surface area contributed by atoms with E-state index in [-0.39, 0.29) is 12.0 Å². The van der Waals surface area contributed by atoms with Crippen LogP contribution >= 0.6 is 0 Å². The van der Waals surface area contributed by atoms with Gasteiger partial charge in [0.15, 0.2) is 11.6 Å². The average molecular weight is 550 g/mol. The summed E-state index contributed by atoms with van der Waals surface area (Å²) in [6, 6.07) is 12.8. The third kappa shape index (κ3) is 5.75. The third-order valence-corrected chi connectivity index (χ3v) is 7.24.